The highest BCUT2D eigenvalue weighted by Crippen LogP contribution is 2.31. The van der Waals surface area contributed by atoms with Crippen molar-refractivity contribution in [3.8, 4) is 11.8 Å². The second kappa shape index (κ2) is 6.65. The minimum absolute atomic E-state index is 0.285. The van der Waals surface area contributed by atoms with Gasteiger partial charge in [-0.15, -0.1) is 5.92 Å². The van der Waals surface area contributed by atoms with Crippen LogP contribution >= 0.6 is 0 Å². The Hall–Kier alpha value is -2.53. The topological polar surface area (TPSA) is 77.1 Å². The highest BCUT2D eigenvalue weighted by Gasteiger charge is 2.28. The molecule has 8 nitrogen and oxygen atoms in total. The molecule has 0 spiro atoms. The molecule has 2 aromatic heterocycles. The molecule has 0 atom stereocenters. The van der Waals surface area contributed by atoms with Crippen LogP contribution in [0, 0.1) is 17.8 Å². The van der Waals surface area contributed by atoms with E-state index in [0.717, 1.165) is 45.0 Å². The van der Waals surface area contributed by atoms with Crippen LogP contribution < -0.4 is 21.5 Å². The highest BCUT2D eigenvalue weighted by atomic mass is 16.2. The SMILES string of the molecule is CC#CCn1c(N2CCNCC2)nc2c1c(=O)n(C)c(=O)n2CC1CC1. The molecular weight excluding hydrogens is 332 g/mol. The van der Waals surface area contributed by atoms with E-state index in [1.807, 2.05) is 4.57 Å². The van der Waals surface area contributed by atoms with Gasteiger partial charge < -0.3 is 10.2 Å². The van der Waals surface area contributed by atoms with Crippen molar-refractivity contribution in [3.63, 3.8) is 0 Å². The molecule has 2 aromatic rings. The molecule has 0 radical (unpaired) electrons. The summed E-state index contributed by atoms with van der Waals surface area (Å²) in [6.45, 7) is 6.17. The summed E-state index contributed by atoms with van der Waals surface area (Å²) in [7, 11) is 1.54. The highest BCUT2D eigenvalue weighted by molar-refractivity contribution is 5.75. The summed E-state index contributed by atoms with van der Waals surface area (Å²) in [6.07, 6.45) is 2.26. The van der Waals surface area contributed by atoms with Gasteiger partial charge in [-0.25, -0.2) is 4.79 Å². The Bertz CT molecular complexity index is 1010. The van der Waals surface area contributed by atoms with Gasteiger partial charge in [-0.05, 0) is 25.7 Å². The van der Waals surface area contributed by atoms with E-state index in [9.17, 15) is 9.59 Å². The van der Waals surface area contributed by atoms with Gasteiger partial charge in [-0.3, -0.25) is 18.5 Å². The number of aromatic nitrogens is 4. The number of nitrogens with zero attached hydrogens (tertiary/aromatic N) is 5. The van der Waals surface area contributed by atoms with Crippen molar-refractivity contribution in [1.82, 2.24) is 24.0 Å². The Kier molecular flexibility index (Phi) is 4.32. The van der Waals surface area contributed by atoms with Crippen molar-refractivity contribution < 1.29 is 0 Å². The van der Waals surface area contributed by atoms with Crippen LogP contribution in [0.1, 0.15) is 19.8 Å². The standard InChI is InChI=1S/C18H24N6O2/c1-3-4-9-23-14-15(20-17(23)22-10-7-19-8-11-22)24(12-13-5-6-13)18(26)21(2)16(14)25/h13,19H,5-12H2,1-2H3. The van der Waals surface area contributed by atoms with Crippen molar-refractivity contribution in [2.24, 2.45) is 13.0 Å². The first kappa shape index (κ1) is 16.9. The molecule has 4 rings (SSSR count). The van der Waals surface area contributed by atoms with Gasteiger partial charge in [0.05, 0.1) is 6.54 Å². The lowest BCUT2D eigenvalue weighted by atomic mass is 10.4. The van der Waals surface area contributed by atoms with Gasteiger partial charge in [0.1, 0.15) is 0 Å². The van der Waals surface area contributed by atoms with Gasteiger partial charge >= 0.3 is 5.69 Å². The van der Waals surface area contributed by atoms with Crippen LogP contribution in [0.15, 0.2) is 9.59 Å². The molecular formula is C18H24N6O2. The molecule has 138 valence electrons. The van der Waals surface area contributed by atoms with E-state index in [0.29, 0.717) is 30.2 Å². The number of hydrogen-bond donors (Lipinski definition) is 1. The number of fused-ring (bicyclic) bond motifs is 1. The monoisotopic (exact) mass is 356 g/mol. The van der Waals surface area contributed by atoms with Crippen molar-refractivity contribution in [3.05, 3.63) is 20.8 Å². The quantitative estimate of drug-likeness (QED) is 0.764. The molecule has 3 heterocycles. The Morgan fingerprint density at radius 2 is 1.92 bits per heavy atom. The molecule has 1 saturated heterocycles. The molecule has 2 fully saturated rings. The molecule has 1 N–H and O–H groups in total. The van der Waals surface area contributed by atoms with Crippen LogP contribution in [0.4, 0.5) is 5.95 Å². The van der Waals surface area contributed by atoms with E-state index in [1.54, 1.807) is 18.5 Å². The van der Waals surface area contributed by atoms with Crippen molar-refractivity contribution >= 4 is 17.1 Å². The first-order chi connectivity index (χ1) is 12.6. The maximum Gasteiger partial charge on any atom is 0.332 e. The zero-order chi connectivity index (χ0) is 18.3. The molecule has 0 unspecified atom stereocenters. The van der Waals surface area contributed by atoms with E-state index >= 15 is 0 Å². The maximum atomic E-state index is 12.9. The summed E-state index contributed by atoms with van der Waals surface area (Å²) >= 11 is 0. The van der Waals surface area contributed by atoms with Gasteiger partial charge in [0.25, 0.3) is 5.56 Å². The third kappa shape index (κ3) is 2.82. The van der Waals surface area contributed by atoms with Gasteiger partial charge in [0.15, 0.2) is 11.2 Å². The predicted molar refractivity (Wildman–Crippen MR) is 100 cm³/mol. The predicted octanol–water partition coefficient (Wildman–Crippen LogP) is -0.260. The lowest BCUT2D eigenvalue weighted by Crippen LogP contribution is -2.44. The minimum atomic E-state index is -0.302. The number of nitrogens with one attached hydrogen (secondary N) is 1. The fourth-order valence-corrected chi connectivity index (χ4v) is 3.48. The van der Waals surface area contributed by atoms with Crippen molar-refractivity contribution in [2.75, 3.05) is 31.1 Å². The second-order valence-corrected chi connectivity index (χ2v) is 7.03. The smallest absolute Gasteiger partial charge is 0.332 e. The average Bonchev–Trinajstić information content (AvgIpc) is 3.41. The Balaban J connectivity index is 1.97. The molecule has 0 bridgehead atoms. The molecule has 1 aliphatic carbocycles. The minimum Gasteiger partial charge on any atom is -0.340 e. The number of hydrogen-bond acceptors (Lipinski definition) is 5. The van der Waals surface area contributed by atoms with E-state index in [2.05, 4.69) is 22.1 Å². The first-order valence-electron chi connectivity index (χ1n) is 9.17. The van der Waals surface area contributed by atoms with E-state index in [1.165, 1.54) is 4.57 Å². The van der Waals surface area contributed by atoms with Crippen LogP contribution in [0.2, 0.25) is 0 Å². The van der Waals surface area contributed by atoms with E-state index in [4.69, 9.17) is 4.98 Å². The van der Waals surface area contributed by atoms with E-state index < -0.39 is 0 Å². The van der Waals surface area contributed by atoms with Gasteiger partial charge in [-0.1, -0.05) is 5.92 Å². The lowest BCUT2D eigenvalue weighted by molar-refractivity contribution is 0.572. The van der Waals surface area contributed by atoms with Crippen LogP contribution in [-0.2, 0) is 20.1 Å². The second-order valence-electron chi connectivity index (χ2n) is 7.03. The summed E-state index contributed by atoms with van der Waals surface area (Å²) in [4.78, 5) is 32.5. The van der Waals surface area contributed by atoms with Gasteiger partial charge in [0, 0.05) is 39.8 Å². The molecule has 0 amide bonds. The molecule has 0 aromatic carbocycles. The van der Waals surface area contributed by atoms with Gasteiger partial charge in [0.2, 0.25) is 5.95 Å². The summed E-state index contributed by atoms with van der Waals surface area (Å²) in [5.74, 6) is 7.19. The fourth-order valence-electron chi connectivity index (χ4n) is 3.48. The average molecular weight is 356 g/mol. The third-order valence-electron chi connectivity index (χ3n) is 5.16. The largest absolute Gasteiger partial charge is 0.340 e. The van der Waals surface area contributed by atoms with Gasteiger partial charge in [-0.2, -0.15) is 4.98 Å². The zero-order valence-corrected chi connectivity index (χ0v) is 15.3. The summed E-state index contributed by atoms with van der Waals surface area (Å²) in [6, 6.07) is 0. The summed E-state index contributed by atoms with van der Waals surface area (Å²) in [5.41, 5.74) is 0.386. The normalized spacial score (nSPS) is 17.4. The zero-order valence-electron chi connectivity index (χ0n) is 15.3. The van der Waals surface area contributed by atoms with Crippen molar-refractivity contribution in [1.29, 1.82) is 0 Å². The molecule has 8 heteroatoms. The number of imidazole rings is 1. The Labute approximate surface area is 151 Å². The number of piperazine rings is 1. The Morgan fingerprint density at radius 1 is 1.19 bits per heavy atom. The summed E-state index contributed by atoms with van der Waals surface area (Å²) in [5, 5.41) is 3.33. The Morgan fingerprint density at radius 3 is 2.58 bits per heavy atom. The van der Waals surface area contributed by atoms with E-state index in [-0.39, 0.29) is 11.2 Å². The maximum absolute atomic E-state index is 12.9. The fraction of sp³-hybridized carbons (Fsp3) is 0.611. The lowest BCUT2D eigenvalue weighted by Gasteiger charge is -2.28. The van der Waals surface area contributed by atoms with Crippen LogP contribution in [0.5, 0.6) is 0 Å². The van der Waals surface area contributed by atoms with Crippen LogP contribution in [-0.4, -0.2) is 44.9 Å². The van der Waals surface area contributed by atoms with Crippen molar-refractivity contribution in [2.45, 2.75) is 32.9 Å². The number of rotatable bonds is 4. The third-order valence-corrected chi connectivity index (χ3v) is 5.16. The summed E-state index contributed by atoms with van der Waals surface area (Å²) < 4.78 is 4.75. The first-order valence-corrected chi connectivity index (χ1v) is 9.17. The number of anilines is 1. The molecule has 26 heavy (non-hydrogen) atoms. The molecule has 1 aliphatic heterocycles. The van der Waals surface area contributed by atoms with Crippen LogP contribution in [0.3, 0.4) is 0 Å². The molecule has 1 saturated carbocycles. The van der Waals surface area contributed by atoms with Crippen LogP contribution in [0.25, 0.3) is 11.2 Å². The molecule has 2 aliphatic rings.